The van der Waals surface area contributed by atoms with Gasteiger partial charge in [0, 0.05) is 17.0 Å². The Morgan fingerprint density at radius 1 is 1.25 bits per heavy atom. The molecular weight excluding hydrogens is 218 g/mol. The maximum absolute atomic E-state index is 4.54. The third-order valence-electron chi connectivity index (χ3n) is 3.45. The Balaban J connectivity index is 2.07. The Hall–Kier alpha value is -0.610. The van der Waals surface area contributed by atoms with E-state index in [1.165, 1.54) is 24.1 Å². The summed E-state index contributed by atoms with van der Waals surface area (Å²) in [6.45, 7) is 8.77. The Kier molecular flexibility index (Phi) is 3.50. The molecule has 0 saturated carbocycles. The van der Waals surface area contributed by atoms with Crippen LogP contribution in [0.4, 0.5) is 5.13 Å². The molecule has 1 aromatic heterocycles. The number of nitrogens with zero attached hydrogens (tertiary/aromatic N) is 2. The second-order valence-electron chi connectivity index (χ2n) is 4.81. The van der Waals surface area contributed by atoms with Crippen LogP contribution in [0.2, 0.25) is 0 Å². The van der Waals surface area contributed by atoms with Crippen LogP contribution in [0.5, 0.6) is 0 Å². The number of hydrazine groups is 1. The van der Waals surface area contributed by atoms with Crippen LogP contribution in [0, 0.1) is 13.8 Å². The van der Waals surface area contributed by atoms with Crippen LogP contribution in [-0.2, 0) is 0 Å². The molecule has 4 heteroatoms. The van der Waals surface area contributed by atoms with Crippen LogP contribution < -0.4 is 5.43 Å². The van der Waals surface area contributed by atoms with E-state index in [4.69, 9.17) is 0 Å². The van der Waals surface area contributed by atoms with Crippen LogP contribution in [0.25, 0.3) is 0 Å². The van der Waals surface area contributed by atoms with Crippen molar-refractivity contribution in [1.82, 2.24) is 9.99 Å². The van der Waals surface area contributed by atoms with Gasteiger partial charge in [-0.25, -0.2) is 9.99 Å². The molecular formula is C12H21N3S. The average Bonchev–Trinajstić information content (AvgIpc) is 2.53. The molecule has 1 saturated heterocycles. The number of thiazole rings is 1. The molecule has 1 fully saturated rings. The van der Waals surface area contributed by atoms with Gasteiger partial charge in [-0.15, -0.1) is 11.3 Å². The van der Waals surface area contributed by atoms with Crippen molar-refractivity contribution in [3.63, 3.8) is 0 Å². The van der Waals surface area contributed by atoms with Crippen molar-refractivity contribution in [2.75, 3.05) is 5.43 Å². The van der Waals surface area contributed by atoms with Crippen molar-refractivity contribution >= 4 is 16.5 Å². The molecule has 2 heterocycles. The van der Waals surface area contributed by atoms with Crippen molar-refractivity contribution in [2.24, 2.45) is 0 Å². The van der Waals surface area contributed by atoms with Gasteiger partial charge >= 0.3 is 0 Å². The van der Waals surface area contributed by atoms with Gasteiger partial charge in [0.05, 0.1) is 5.69 Å². The lowest BCUT2D eigenvalue weighted by atomic mass is 10.00. The first-order valence-corrected chi connectivity index (χ1v) is 6.88. The van der Waals surface area contributed by atoms with Crippen LogP contribution in [-0.4, -0.2) is 22.1 Å². The molecule has 1 aliphatic rings. The van der Waals surface area contributed by atoms with Gasteiger partial charge in [-0.3, -0.25) is 5.43 Å². The number of rotatable bonds is 2. The Morgan fingerprint density at radius 2 is 1.88 bits per heavy atom. The van der Waals surface area contributed by atoms with Crippen molar-refractivity contribution in [1.29, 1.82) is 0 Å². The highest BCUT2D eigenvalue weighted by Crippen LogP contribution is 2.26. The van der Waals surface area contributed by atoms with Crippen LogP contribution in [0.3, 0.4) is 0 Å². The third kappa shape index (κ3) is 2.38. The van der Waals surface area contributed by atoms with E-state index < -0.39 is 0 Å². The van der Waals surface area contributed by atoms with Crippen molar-refractivity contribution in [3.05, 3.63) is 10.6 Å². The zero-order valence-corrected chi connectivity index (χ0v) is 11.4. The van der Waals surface area contributed by atoms with Crippen LogP contribution in [0.1, 0.15) is 43.7 Å². The van der Waals surface area contributed by atoms with Gasteiger partial charge in [-0.1, -0.05) is 6.42 Å². The SMILES string of the molecule is Cc1nc(NN2C(C)CCCC2C)sc1C. The molecule has 0 spiro atoms. The zero-order valence-electron chi connectivity index (χ0n) is 10.6. The van der Waals surface area contributed by atoms with E-state index in [0.29, 0.717) is 12.1 Å². The first kappa shape index (κ1) is 11.9. The number of nitrogens with one attached hydrogen (secondary N) is 1. The summed E-state index contributed by atoms with van der Waals surface area (Å²) in [7, 11) is 0. The minimum absolute atomic E-state index is 0.605. The summed E-state index contributed by atoms with van der Waals surface area (Å²) >= 11 is 1.75. The number of aromatic nitrogens is 1. The molecule has 2 unspecified atom stereocenters. The number of anilines is 1. The summed E-state index contributed by atoms with van der Waals surface area (Å²) in [5.41, 5.74) is 4.63. The predicted octanol–water partition coefficient (Wildman–Crippen LogP) is 3.35. The molecule has 2 atom stereocenters. The van der Waals surface area contributed by atoms with Gasteiger partial charge in [0.25, 0.3) is 0 Å². The molecule has 0 radical (unpaired) electrons. The maximum atomic E-state index is 4.54. The fraction of sp³-hybridized carbons (Fsp3) is 0.750. The Bertz CT molecular complexity index is 332. The minimum Gasteiger partial charge on any atom is -0.294 e. The van der Waals surface area contributed by atoms with E-state index in [1.807, 2.05) is 0 Å². The van der Waals surface area contributed by atoms with Crippen molar-refractivity contribution in [3.8, 4) is 0 Å². The maximum Gasteiger partial charge on any atom is 0.197 e. The average molecular weight is 239 g/mol. The van der Waals surface area contributed by atoms with Gasteiger partial charge in [-0.05, 0) is 40.5 Å². The highest BCUT2D eigenvalue weighted by Gasteiger charge is 2.25. The molecule has 16 heavy (non-hydrogen) atoms. The predicted molar refractivity (Wildman–Crippen MR) is 69.8 cm³/mol. The first-order valence-electron chi connectivity index (χ1n) is 6.07. The van der Waals surface area contributed by atoms with E-state index in [2.05, 4.69) is 43.1 Å². The Labute approximate surface area is 102 Å². The molecule has 1 aromatic rings. The van der Waals surface area contributed by atoms with Crippen LogP contribution in [0.15, 0.2) is 0 Å². The first-order chi connectivity index (χ1) is 7.58. The molecule has 0 amide bonds. The van der Waals surface area contributed by atoms with E-state index >= 15 is 0 Å². The summed E-state index contributed by atoms with van der Waals surface area (Å²) in [6.07, 6.45) is 3.90. The van der Waals surface area contributed by atoms with E-state index in [0.717, 1.165) is 10.8 Å². The second kappa shape index (κ2) is 4.72. The number of piperidine rings is 1. The standard InChI is InChI=1S/C12H21N3S/c1-8-6-5-7-9(2)15(8)14-12-13-10(3)11(4)16-12/h8-9H,5-7H2,1-4H3,(H,13,14). The van der Waals surface area contributed by atoms with Crippen molar-refractivity contribution in [2.45, 2.75) is 59.0 Å². The quantitative estimate of drug-likeness (QED) is 0.858. The van der Waals surface area contributed by atoms with Crippen molar-refractivity contribution < 1.29 is 0 Å². The minimum atomic E-state index is 0.605. The third-order valence-corrected chi connectivity index (χ3v) is 4.42. The normalized spacial score (nSPS) is 27.0. The summed E-state index contributed by atoms with van der Waals surface area (Å²) in [4.78, 5) is 5.84. The zero-order chi connectivity index (χ0) is 11.7. The van der Waals surface area contributed by atoms with E-state index in [9.17, 15) is 0 Å². The topological polar surface area (TPSA) is 28.2 Å². The highest BCUT2D eigenvalue weighted by atomic mass is 32.1. The van der Waals surface area contributed by atoms with Gasteiger partial charge in [0.1, 0.15) is 0 Å². The molecule has 1 aliphatic heterocycles. The van der Waals surface area contributed by atoms with Gasteiger partial charge in [-0.2, -0.15) is 0 Å². The lowest BCUT2D eigenvalue weighted by Crippen LogP contribution is -2.47. The lowest BCUT2D eigenvalue weighted by molar-refractivity contribution is 0.135. The molecule has 2 rings (SSSR count). The highest BCUT2D eigenvalue weighted by molar-refractivity contribution is 7.15. The summed E-state index contributed by atoms with van der Waals surface area (Å²) in [6, 6.07) is 1.21. The molecule has 3 nitrogen and oxygen atoms in total. The lowest BCUT2D eigenvalue weighted by Gasteiger charge is -2.38. The second-order valence-corrected chi connectivity index (χ2v) is 6.01. The molecule has 90 valence electrons. The van der Waals surface area contributed by atoms with Gasteiger partial charge in [0.2, 0.25) is 0 Å². The largest absolute Gasteiger partial charge is 0.294 e. The summed E-state index contributed by atoms with van der Waals surface area (Å²) in [5, 5.41) is 3.40. The summed E-state index contributed by atoms with van der Waals surface area (Å²) < 4.78 is 0. The molecule has 0 bridgehead atoms. The van der Waals surface area contributed by atoms with Crippen LogP contribution >= 0.6 is 11.3 Å². The molecule has 0 aliphatic carbocycles. The smallest absolute Gasteiger partial charge is 0.197 e. The number of aryl methyl sites for hydroxylation is 2. The number of hydrogen-bond donors (Lipinski definition) is 1. The van der Waals surface area contributed by atoms with Gasteiger partial charge in [0.15, 0.2) is 5.13 Å². The van der Waals surface area contributed by atoms with E-state index in [-0.39, 0.29) is 0 Å². The summed E-state index contributed by atoms with van der Waals surface area (Å²) in [5.74, 6) is 0. The van der Waals surface area contributed by atoms with Gasteiger partial charge < -0.3 is 0 Å². The monoisotopic (exact) mass is 239 g/mol. The fourth-order valence-electron chi connectivity index (χ4n) is 2.27. The Morgan fingerprint density at radius 3 is 2.38 bits per heavy atom. The number of hydrogen-bond acceptors (Lipinski definition) is 4. The van der Waals surface area contributed by atoms with E-state index in [1.54, 1.807) is 11.3 Å². The fourth-order valence-corrected chi connectivity index (χ4v) is 3.09. The molecule has 0 aromatic carbocycles. The molecule has 1 N–H and O–H groups in total.